The second-order valence-corrected chi connectivity index (χ2v) is 14.8. The molecule has 2 aliphatic heterocycles. The Balaban J connectivity index is 1.10. The maximum Gasteiger partial charge on any atom is 0.407 e. The number of alkyl carbamates (subject to hydrolysis) is 2. The Kier molecular flexibility index (Phi) is 12.3. The van der Waals surface area contributed by atoms with Crippen molar-refractivity contribution < 1.29 is 28.7 Å². The average Bonchev–Trinajstić information content (AvgIpc) is 4.03. The summed E-state index contributed by atoms with van der Waals surface area (Å²) >= 11 is 1.49. The van der Waals surface area contributed by atoms with Gasteiger partial charge in [0.15, 0.2) is 0 Å². The van der Waals surface area contributed by atoms with E-state index in [4.69, 9.17) is 9.47 Å². The number of benzene rings is 2. The fourth-order valence-corrected chi connectivity index (χ4v) is 7.80. The van der Waals surface area contributed by atoms with Crippen LogP contribution >= 0.6 is 11.8 Å². The lowest BCUT2D eigenvalue weighted by atomic mass is 10.0. The molecule has 0 radical (unpaired) electrons. The molecule has 0 spiro atoms. The van der Waals surface area contributed by atoms with E-state index in [1.807, 2.05) is 44.4 Å². The van der Waals surface area contributed by atoms with E-state index in [1.54, 1.807) is 22.2 Å². The molecule has 4 amide bonds. The summed E-state index contributed by atoms with van der Waals surface area (Å²) in [5.41, 5.74) is 5.78. The molecule has 286 valence electrons. The number of ether oxygens (including phenoxy) is 2. The fourth-order valence-electron chi connectivity index (χ4n) is 7.24. The number of carbonyl (C=O) groups excluding carboxylic acids is 4. The van der Waals surface area contributed by atoms with Gasteiger partial charge in [-0.1, -0.05) is 62.4 Å². The third-order valence-corrected chi connectivity index (χ3v) is 10.8. The molecule has 2 aliphatic rings. The van der Waals surface area contributed by atoms with Gasteiger partial charge in [-0.15, -0.1) is 0 Å². The zero-order chi connectivity index (χ0) is 38.4. The van der Waals surface area contributed by atoms with Gasteiger partial charge in [-0.3, -0.25) is 9.59 Å². The van der Waals surface area contributed by atoms with Gasteiger partial charge in [-0.25, -0.2) is 19.6 Å². The van der Waals surface area contributed by atoms with Crippen molar-refractivity contribution in [3.8, 4) is 33.6 Å². The zero-order valence-corrected chi connectivity index (χ0v) is 32.1. The van der Waals surface area contributed by atoms with E-state index in [1.165, 1.54) is 26.0 Å². The van der Waals surface area contributed by atoms with Crippen molar-refractivity contribution in [2.75, 3.05) is 39.3 Å². The molecular formula is C39H48N8O6S. The standard InChI is InChI=1S/C39H48N8O6S/c1-23(2)33(45-39(51)53-4)37(49)47-19-7-9-32(47)35-41-21-29(43-35)27-16-12-25(13-17-27)24-10-14-26(15-11-24)28-20-40-34(42-28)31-8-6-18-46(31)36(48)30(22-54-5)44-38(50)52-3/h10-17,20-21,23,30-33H,6-9,18-19,22H2,1-5H3,(H,40,42)(H,41,43)(H,44,50)(H,45,51)/t30-,31-,32-,33-/m0/s1. The molecule has 0 saturated carbocycles. The van der Waals surface area contributed by atoms with Crippen LogP contribution in [0, 0.1) is 5.92 Å². The van der Waals surface area contributed by atoms with Gasteiger partial charge in [-0.2, -0.15) is 11.8 Å². The summed E-state index contributed by atoms with van der Waals surface area (Å²) in [6.07, 6.45) is 7.51. The molecule has 4 atom stereocenters. The van der Waals surface area contributed by atoms with Gasteiger partial charge in [0.25, 0.3) is 0 Å². The van der Waals surface area contributed by atoms with Crippen LogP contribution in [0.1, 0.15) is 63.3 Å². The third kappa shape index (κ3) is 8.40. The number of likely N-dealkylation sites (tertiary alicyclic amines) is 2. The van der Waals surface area contributed by atoms with Crippen LogP contribution in [-0.2, 0) is 19.1 Å². The summed E-state index contributed by atoms with van der Waals surface area (Å²) in [6.45, 7) is 4.99. The number of aromatic amines is 2. The summed E-state index contributed by atoms with van der Waals surface area (Å²) in [5, 5.41) is 5.36. The minimum absolute atomic E-state index is 0.104. The van der Waals surface area contributed by atoms with Gasteiger partial charge < -0.3 is 39.9 Å². The normalized spacial score (nSPS) is 18.0. The number of H-pyrrole nitrogens is 2. The molecule has 0 bridgehead atoms. The quantitative estimate of drug-likeness (QED) is 0.137. The Hall–Kier alpha value is -5.31. The first kappa shape index (κ1) is 38.4. The van der Waals surface area contributed by atoms with Crippen LogP contribution in [0.5, 0.6) is 0 Å². The molecule has 4 heterocycles. The number of aromatic nitrogens is 4. The van der Waals surface area contributed by atoms with Crippen molar-refractivity contribution in [2.24, 2.45) is 5.92 Å². The van der Waals surface area contributed by atoms with Gasteiger partial charge in [0.1, 0.15) is 23.7 Å². The number of hydrogen-bond donors (Lipinski definition) is 4. The first-order chi connectivity index (χ1) is 26.1. The number of nitrogens with one attached hydrogen (secondary N) is 4. The topological polar surface area (TPSA) is 175 Å². The molecule has 2 aromatic heterocycles. The molecular weight excluding hydrogens is 709 g/mol. The first-order valence-corrected chi connectivity index (χ1v) is 19.6. The number of hydrogen-bond acceptors (Lipinski definition) is 9. The highest BCUT2D eigenvalue weighted by Crippen LogP contribution is 2.35. The van der Waals surface area contributed by atoms with Crippen LogP contribution in [0.2, 0.25) is 0 Å². The van der Waals surface area contributed by atoms with E-state index >= 15 is 0 Å². The monoisotopic (exact) mass is 756 g/mol. The van der Waals surface area contributed by atoms with Crippen molar-refractivity contribution in [3.05, 3.63) is 72.6 Å². The molecule has 4 aromatic rings. The van der Waals surface area contributed by atoms with Crippen LogP contribution in [0.3, 0.4) is 0 Å². The number of nitrogens with zero attached hydrogens (tertiary/aromatic N) is 4. The van der Waals surface area contributed by atoms with Gasteiger partial charge in [-0.05, 0) is 60.1 Å². The van der Waals surface area contributed by atoms with E-state index in [9.17, 15) is 19.2 Å². The third-order valence-electron chi connectivity index (χ3n) is 10.1. The van der Waals surface area contributed by atoms with Crippen molar-refractivity contribution >= 4 is 35.8 Å². The average molecular weight is 757 g/mol. The largest absolute Gasteiger partial charge is 0.453 e. The Labute approximate surface area is 319 Å². The summed E-state index contributed by atoms with van der Waals surface area (Å²) in [5.74, 6) is 1.51. The SMILES string of the molecule is COC(=O)N[C@@H](CSC)C(=O)N1CCC[C@H]1c1ncc(-c2ccc(-c3ccc(-c4cnc([C@@H]5CCCN5C(=O)[C@@H](NC(=O)OC)C(C)C)[nH]4)cc3)cc2)[nH]1. The molecule has 4 N–H and O–H groups in total. The lowest BCUT2D eigenvalue weighted by Crippen LogP contribution is -2.51. The van der Waals surface area contributed by atoms with E-state index in [0.717, 1.165) is 71.0 Å². The summed E-state index contributed by atoms with van der Waals surface area (Å²) in [7, 11) is 2.58. The Morgan fingerprint density at radius 3 is 1.63 bits per heavy atom. The van der Waals surface area contributed by atoms with Gasteiger partial charge in [0.05, 0.1) is 50.1 Å². The van der Waals surface area contributed by atoms with Crippen molar-refractivity contribution in [2.45, 2.75) is 63.7 Å². The molecule has 15 heteroatoms. The van der Waals surface area contributed by atoms with Crippen molar-refractivity contribution in [3.63, 3.8) is 0 Å². The van der Waals surface area contributed by atoms with Gasteiger partial charge >= 0.3 is 12.2 Å². The summed E-state index contributed by atoms with van der Waals surface area (Å²) < 4.78 is 9.49. The lowest BCUT2D eigenvalue weighted by Gasteiger charge is -2.30. The van der Waals surface area contributed by atoms with Gasteiger partial charge in [0, 0.05) is 18.8 Å². The maximum absolute atomic E-state index is 13.5. The number of rotatable bonds is 12. The lowest BCUT2D eigenvalue weighted by molar-refractivity contribution is -0.135. The Bertz CT molecular complexity index is 1930. The minimum Gasteiger partial charge on any atom is -0.453 e. The van der Waals surface area contributed by atoms with Crippen LogP contribution in [-0.4, -0.2) is 105 Å². The first-order valence-electron chi connectivity index (χ1n) is 18.2. The van der Waals surface area contributed by atoms with Crippen molar-refractivity contribution in [1.82, 2.24) is 40.4 Å². The fraction of sp³-hybridized carbons (Fsp3) is 0.436. The molecule has 2 fully saturated rings. The van der Waals surface area contributed by atoms with Gasteiger partial charge in [0.2, 0.25) is 11.8 Å². The molecule has 54 heavy (non-hydrogen) atoms. The maximum atomic E-state index is 13.5. The van der Waals surface area contributed by atoms with E-state index in [-0.39, 0.29) is 29.8 Å². The predicted octanol–water partition coefficient (Wildman–Crippen LogP) is 5.93. The summed E-state index contributed by atoms with van der Waals surface area (Å²) in [4.78, 5) is 70.6. The highest BCUT2D eigenvalue weighted by molar-refractivity contribution is 7.98. The Morgan fingerprint density at radius 1 is 0.741 bits per heavy atom. The molecule has 2 saturated heterocycles. The smallest absolute Gasteiger partial charge is 0.407 e. The summed E-state index contributed by atoms with van der Waals surface area (Å²) in [6, 6.07) is 14.7. The van der Waals surface area contributed by atoms with Crippen LogP contribution in [0.15, 0.2) is 60.9 Å². The van der Waals surface area contributed by atoms with Crippen molar-refractivity contribution in [1.29, 1.82) is 0 Å². The highest BCUT2D eigenvalue weighted by Gasteiger charge is 2.38. The Morgan fingerprint density at radius 2 is 1.19 bits per heavy atom. The molecule has 0 unspecified atom stereocenters. The van der Waals surface area contributed by atoms with E-state index in [0.29, 0.717) is 18.8 Å². The number of carbonyl (C=O) groups is 4. The van der Waals surface area contributed by atoms with Crippen LogP contribution in [0.4, 0.5) is 9.59 Å². The number of methoxy groups -OCH3 is 2. The number of thioether (sulfide) groups is 1. The molecule has 14 nitrogen and oxygen atoms in total. The van der Waals surface area contributed by atoms with E-state index < -0.39 is 24.3 Å². The second-order valence-electron chi connectivity index (χ2n) is 13.9. The second kappa shape index (κ2) is 17.2. The molecule has 2 aromatic carbocycles. The van der Waals surface area contributed by atoms with Crippen LogP contribution in [0.25, 0.3) is 33.6 Å². The van der Waals surface area contributed by atoms with E-state index in [2.05, 4.69) is 54.8 Å². The molecule has 0 aliphatic carbocycles. The molecule has 6 rings (SSSR count). The number of imidazole rings is 2. The zero-order valence-electron chi connectivity index (χ0n) is 31.3. The highest BCUT2D eigenvalue weighted by atomic mass is 32.2. The predicted molar refractivity (Wildman–Crippen MR) is 206 cm³/mol. The number of amides is 4. The minimum atomic E-state index is -0.687. The van der Waals surface area contributed by atoms with Crippen LogP contribution < -0.4 is 10.6 Å².